The number of nitrogens with zero attached hydrogens (tertiary/aromatic N) is 1. The monoisotopic (exact) mass is 344 g/mol. The van der Waals surface area contributed by atoms with Crippen LogP contribution in [0.15, 0.2) is 24.3 Å². The van der Waals surface area contributed by atoms with Gasteiger partial charge in [0, 0.05) is 13.0 Å². The summed E-state index contributed by atoms with van der Waals surface area (Å²) in [7, 11) is 0. The van der Waals surface area contributed by atoms with Gasteiger partial charge in [-0.3, -0.25) is 9.69 Å². The van der Waals surface area contributed by atoms with Crippen LogP contribution < -0.4 is 5.32 Å². The van der Waals surface area contributed by atoms with Crippen LogP contribution >= 0.6 is 0 Å². The van der Waals surface area contributed by atoms with Crippen molar-refractivity contribution in [2.45, 2.75) is 31.5 Å². The second-order valence-corrected chi connectivity index (χ2v) is 5.58. The Morgan fingerprint density at radius 1 is 1.17 bits per heavy atom. The van der Waals surface area contributed by atoms with E-state index >= 15 is 0 Å². The lowest BCUT2D eigenvalue weighted by molar-refractivity contribution is -0.144. The Morgan fingerprint density at radius 3 is 2.12 bits per heavy atom. The number of amides is 3. The molecule has 1 atom stereocenters. The maximum atomic E-state index is 12.6. The number of halogens is 3. The topological polar surface area (TPSA) is 86.7 Å². The van der Waals surface area contributed by atoms with E-state index in [1.54, 1.807) is 0 Å². The molecule has 0 saturated carbocycles. The highest BCUT2D eigenvalue weighted by atomic mass is 19.4. The molecule has 0 radical (unpaired) electrons. The molecule has 1 saturated heterocycles. The van der Waals surface area contributed by atoms with Gasteiger partial charge in [0.15, 0.2) is 5.54 Å². The third-order valence-corrected chi connectivity index (χ3v) is 3.89. The van der Waals surface area contributed by atoms with E-state index in [4.69, 9.17) is 0 Å². The average molecular weight is 344 g/mol. The molecule has 0 aliphatic carbocycles. The second kappa shape index (κ2) is 6.14. The third kappa shape index (κ3) is 3.34. The van der Waals surface area contributed by atoms with E-state index in [1.165, 1.54) is 0 Å². The maximum absolute atomic E-state index is 12.6. The minimum atomic E-state index is -4.55. The molecule has 1 fully saturated rings. The van der Waals surface area contributed by atoms with Crippen LogP contribution in [0.4, 0.5) is 18.0 Å². The molecule has 1 aliphatic rings. The quantitative estimate of drug-likeness (QED) is 0.881. The predicted molar refractivity (Wildman–Crippen MR) is 75.9 cm³/mol. The number of imide groups is 1. The smallest absolute Gasteiger partial charge is 0.416 e. The summed E-state index contributed by atoms with van der Waals surface area (Å²) in [6.45, 7) is 1.32. The van der Waals surface area contributed by atoms with E-state index in [9.17, 15) is 32.7 Å². The summed E-state index contributed by atoms with van der Waals surface area (Å²) in [6, 6.07) is 2.57. The largest absolute Gasteiger partial charge is 0.479 e. The van der Waals surface area contributed by atoms with E-state index < -0.39 is 35.2 Å². The number of carbonyl (C=O) groups is 3. The van der Waals surface area contributed by atoms with Crippen molar-refractivity contribution in [2.24, 2.45) is 0 Å². The number of benzene rings is 1. The number of hydrogen-bond donors (Lipinski definition) is 2. The van der Waals surface area contributed by atoms with Crippen LogP contribution in [0.3, 0.4) is 0 Å². The maximum Gasteiger partial charge on any atom is 0.416 e. The fourth-order valence-corrected chi connectivity index (χ4v) is 2.39. The number of alkyl halides is 3. The van der Waals surface area contributed by atoms with Gasteiger partial charge in [-0.05, 0) is 31.0 Å². The minimum absolute atomic E-state index is 0.0389. The molecule has 130 valence electrons. The lowest BCUT2D eigenvalue weighted by Gasteiger charge is -2.29. The molecule has 1 heterocycles. The first-order chi connectivity index (χ1) is 11.1. The third-order valence-electron chi connectivity index (χ3n) is 3.89. The fraction of sp³-hybridized carbons (Fsp3) is 0.400. The molecule has 2 N–H and O–H groups in total. The van der Waals surface area contributed by atoms with Gasteiger partial charge in [0.25, 0.3) is 0 Å². The molecule has 0 bridgehead atoms. The van der Waals surface area contributed by atoms with Gasteiger partial charge in [0.05, 0.1) is 5.56 Å². The Balaban J connectivity index is 2.28. The van der Waals surface area contributed by atoms with Crippen molar-refractivity contribution in [3.05, 3.63) is 35.4 Å². The Morgan fingerprint density at radius 2 is 1.71 bits per heavy atom. The van der Waals surface area contributed by atoms with Crippen LogP contribution in [-0.2, 0) is 21.3 Å². The number of likely N-dealkylation sites (tertiary alicyclic amines) is 1. The van der Waals surface area contributed by atoms with Gasteiger partial charge in [0.2, 0.25) is 5.91 Å². The van der Waals surface area contributed by atoms with Crippen molar-refractivity contribution >= 4 is 17.9 Å². The Hall–Kier alpha value is -2.58. The SMILES string of the molecule is CC(NC(=O)N1CCCC1=O)(C(=O)O)c1ccc(C(F)(F)F)cc1. The molecule has 1 aromatic carbocycles. The number of carboxylic acid groups (broad SMARTS) is 1. The van der Waals surface area contributed by atoms with E-state index in [0.717, 1.165) is 36.1 Å². The summed E-state index contributed by atoms with van der Waals surface area (Å²) < 4.78 is 37.8. The highest BCUT2D eigenvalue weighted by Gasteiger charge is 2.40. The molecule has 1 unspecified atom stereocenters. The second-order valence-electron chi connectivity index (χ2n) is 5.58. The fourth-order valence-electron chi connectivity index (χ4n) is 2.39. The minimum Gasteiger partial charge on any atom is -0.479 e. The van der Waals surface area contributed by atoms with Crippen LogP contribution in [0.25, 0.3) is 0 Å². The van der Waals surface area contributed by atoms with Crippen molar-refractivity contribution in [3.8, 4) is 0 Å². The van der Waals surface area contributed by atoms with Crippen molar-refractivity contribution < 1.29 is 32.7 Å². The zero-order chi connectivity index (χ0) is 18.1. The molecule has 1 aliphatic heterocycles. The summed E-state index contributed by atoms with van der Waals surface area (Å²) in [5.74, 6) is -1.88. The van der Waals surface area contributed by atoms with Gasteiger partial charge in [-0.1, -0.05) is 12.1 Å². The molecule has 9 heteroatoms. The molecular formula is C15H15F3N2O4. The standard InChI is InChI=1S/C15H15F3N2O4/c1-14(12(22)23,19-13(24)20-8-2-3-11(20)21)9-4-6-10(7-5-9)15(16,17)18/h4-7H,2-3,8H2,1H3,(H,19,24)(H,22,23). The van der Waals surface area contributed by atoms with Crippen molar-refractivity contribution in [3.63, 3.8) is 0 Å². The number of aliphatic carboxylic acids is 1. The molecule has 24 heavy (non-hydrogen) atoms. The Kier molecular flexibility index (Phi) is 4.54. The molecule has 0 aromatic heterocycles. The number of carboxylic acids is 1. The van der Waals surface area contributed by atoms with Gasteiger partial charge >= 0.3 is 18.2 Å². The summed E-state index contributed by atoms with van der Waals surface area (Å²) >= 11 is 0. The first kappa shape index (κ1) is 17.8. The van der Waals surface area contributed by atoms with Crippen molar-refractivity contribution in [2.75, 3.05) is 6.54 Å². The molecular weight excluding hydrogens is 329 g/mol. The van der Waals surface area contributed by atoms with E-state index in [0.29, 0.717) is 6.42 Å². The van der Waals surface area contributed by atoms with Crippen LogP contribution in [0.1, 0.15) is 30.9 Å². The number of rotatable bonds is 3. The van der Waals surface area contributed by atoms with Gasteiger partial charge in [-0.25, -0.2) is 9.59 Å². The first-order valence-electron chi connectivity index (χ1n) is 7.09. The lowest BCUT2D eigenvalue weighted by atomic mass is 9.91. The molecule has 6 nitrogen and oxygen atoms in total. The highest BCUT2D eigenvalue weighted by Crippen LogP contribution is 2.31. The van der Waals surface area contributed by atoms with Crippen molar-refractivity contribution in [1.82, 2.24) is 10.2 Å². The van der Waals surface area contributed by atoms with E-state index in [2.05, 4.69) is 5.32 Å². The van der Waals surface area contributed by atoms with Crippen LogP contribution in [0, 0.1) is 0 Å². The van der Waals surface area contributed by atoms with Crippen LogP contribution in [-0.4, -0.2) is 34.5 Å². The number of nitrogens with one attached hydrogen (secondary N) is 1. The Bertz CT molecular complexity index is 672. The number of urea groups is 1. The van der Waals surface area contributed by atoms with E-state index in [-0.39, 0.29) is 18.5 Å². The summed E-state index contributed by atoms with van der Waals surface area (Å²) in [5, 5.41) is 11.7. The Labute approximate surface area is 135 Å². The zero-order valence-electron chi connectivity index (χ0n) is 12.7. The molecule has 3 amide bonds. The van der Waals surface area contributed by atoms with Gasteiger partial charge in [0.1, 0.15) is 0 Å². The summed E-state index contributed by atoms with van der Waals surface area (Å²) in [5.41, 5.74) is -2.94. The normalized spacial score (nSPS) is 17.5. The summed E-state index contributed by atoms with van der Waals surface area (Å²) in [4.78, 5) is 36.2. The zero-order valence-corrected chi connectivity index (χ0v) is 12.7. The lowest BCUT2D eigenvalue weighted by Crippen LogP contribution is -2.54. The number of hydrogen-bond acceptors (Lipinski definition) is 3. The van der Waals surface area contributed by atoms with Gasteiger partial charge in [-0.2, -0.15) is 13.2 Å². The molecule has 1 aromatic rings. The van der Waals surface area contributed by atoms with Crippen LogP contribution in [0.2, 0.25) is 0 Å². The molecule has 2 rings (SSSR count). The van der Waals surface area contributed by atoms with E-state index in [1.807, 2.05) is 0 Å². The highest BCUT2D eigenvalue weighted by molar-refractivity contribution is 5.98. The summed E-state index contributed by atoms with van der Waals surface area (Å²) in [6.07, 6.45) is -3.88. The van der Waals surface area contributed by atoms with Gasteiger partial charge < -0.3 is 10.4 Å². The number of carbonyl (C=O) groups excluding carboxylic acids is 2. The predicted octanol–water partition coefficient (Wildman–Crippen LogP) is 2.34. The first-order valence-corrected chi connectivity index (χ1v) is 7.09. The van der Waals surface area contributed by atoms with Gasteiger partial charge in [-0.15, -0.1) is 0 Å². The van der Waals surface area contributed by atoms with Crippen LogP contribution in [0.5, 0.6) is 0 Å². The average Bonchev–Trinajstić information content (AvgIpc) is 2.92. The molecule has 0 spiro atoms. The van der Waals surface area contributed by atoms with Crippen molar-refractivity contribution in [1.29, 1.82) is 0 Å².